The number of hydrogen-bond donors (Lipinski definition) is 0. The van der Waals surface area contributed by atoms with Crippen molar-refractivity contribution in [2.75, 3.05) is 0 Å². The molecule has 4 rings (SSSR count). The molecule has 0 unspecified atom stereocenters. The number of fused-ring (bicyclic) bond motifs is 3. The fraction of sp³-hybridized carbons (Fsp3) is 0.0526. The van der Waals surface area contributed by atoms with Gasteiger partial charge in [0.05, 0.1) is 0 Å². The number of rotatable bonds is 1. The van der Waals surface area contributed by atoms with Gasteiger partial charge in [0.25, 0.3) is 0 Å². The first-order valence-electron chi connectivity index (χ1n) is 6.80. The van der Waals surface area contributed by atoms with Crippen molar-refractivity contribution in [3.63, 3.8) is 0 Å². The second-order valence-electron chi connectivity index (χ2n) is 5.14. The Bertz CT molecular complexity index is 898. The van der Waals surface area contributed by atoms with Crippen LogP contribution in [0.2, 0.25) is 0 Å². The van der Waals surface area contributed by atoms with E-state index in [1.165, 1.54) is 36.9 Å². The third-order valence-electron chi connectivity index (χ3n) is 3.77. The predicted octanol–water partition coefficient (Wildman–Crippen LogP) is 6.03. The highest BCUT2D eigenvalue weighted by Crippen LogP contribution is 2.39. The summed E-state index contributed by atoms with van der Waals surface area (Å²) in [7, 11) is 0. The van der Waals surface area contributed by atoms with E-state index in [4.69, 9.17) is 0 Å². The van der Waals surface area contributed by atoms with Gasteiger partial charge in [-0.25, -0.2) is 0 Å². The Morgan fingerprint density at radius 2 is 1.45 bits per heavy atom. The fourth-order valence-corrected chi connectivity index (χ4v) is 3.88. The maximum Gasteiger partial charge on any atom is 0.0361 e. The smallest absolute Gasteiger partial charge is 0.0361 e. The molecule has 0 amide bonds. The molecule has 1 aromatic heterocycles. The standard InChI is InChI=1S/C19H14S/c1-13-9-11-14(12-10-13)15-6-4-8-18-19(15)16-5-2-3-7-17(16)20-18/h2-12H,1H3. The van der Waals surface area contributed by atoms with Gasteiger partial charge in [0, 0.05) is 20.2 Å². The fourth-order valence-electron chi connectivity index (χ4n) is 2.75. The Kier molecular flexibility index (Phi) is 2.61. The Hall–Kier alpha value is -2.12. The monoisotopic (exact) mass is 274 g/mol. The molecular formula is C19H14S. The highest BCUT2D eigenvalue weighted by atomic mass is 32.1. The second-order valence-corrected chi connectivity index (χ2v) is 6.23. The van der Waals surface area contributed by atoms with Gasteiger partial charge in [-0.2, -0.15) is 0 Å². The van der Waals surface area contributed by atoms with Gasteiger partial charge in [0.15, 0.2) is 0 Å². The van der Waals surface area contributed by atoms with Crippen LogP contribution in [0.25, 0.3) is 31.3 Å². The van der Waals surface area contributed by atoms with E-state index < -0.39 is 0 Å². The molecule has 0 nitrogen and oxygen atoms in total. The van der Waals surface area contributed by atoms with Gasteiger partial charge in [-0.15, -0.1) is 11.3 Å². The van der Waals surface area contributed by atoms with Crippen LogP contribution in [-0.4, -0.2) is 0 Å². The molecular weight excluding hydrogens is 260 g/mol. The van der Waals surface area contributed by atoms with E-state index in [2.05, 4.69) is 73.7 Å². The van der Waals surface area contributed by atoms with E-state index in [9.17, 15) is 0 Å². The van der Waals surface area contributed by atoms with Crippen LogP contribution in [0, 0.1) is 6.92 Å². The first-order valence-corrected chi connectivity index (χ1v) is 7.62. The van der Waals surface area contributed by atoms with Crippen molar-refractivity contribution in [2.45, 2.75) is 6.92 Å². The third kappa shape index (κ3) is 1.75. The molecule has 0 atom stereocenters. The molecule has 1 heteroatoms. The van der Waals surface area contributed by atoms with E-state index >= 15 is 0 Å². The van der Waals surface area contributed by atoms with Crippen molar-refractivity contribution < 1.29 is 0 Å². The van der Waals surface area contributed by atoms with Gasteiger partial charge in [-0.05, 0) is 30.2 Å². The SMILES string of the molecule is Cc1ccc(-c2cccc3sc4ccccc4c23)cc1. The summed E-state index contributed by atoms with van der Waals surface area (Å²) in [6, 6.07) is 24.1. The average molecular weight is 274 g/mol. The number of benzene rings is 3. The zero-order chi connectivity index (χ0) is 13.5. The summed E-state index contributed by atoms with van der Waals surface area (Å²) in [6.07, 6.45) is 0. The number of hydrogen-bond acceptors (Lipinski definition) is 1. The largest absolute Gasteiger partial charge is 0.135 e. The Labute approximate surface area is 122 Å². The predicted molar refractivity (Wildman–Crippen MR) is 89.5 cm³/mol. The van der Waals surface area contributed by atoms with E-state index in [-0.39, 0.29) is 0 Å². The van der Waals surface area contributed by atoms with Crippen molar-refractivity contribution in [3.8, 4) is 11.1 Å². The van der Waals surface area contributed by atoms with Gasteiger partial charge in [-0.3, -0.25) is 0 Å². The Morgan fingerprint density at radius 3 is 2.30 bits per heavy atom. The molecule has 0 fully saturated rings. The van der Waals surface area contributed by atoms with Gasteiger partial charge < -0.3 is 0 Å². The number of thiophene rings is 1. The second kappa shape index (κ2) is 4.46. The lowest BCUT2D eigenvalue weighted by Gasteiger charge is -2.05. The molecule has 3 aromatic carbocycles. The minimum Gasteiger partial charge on any atom is -0.135 e. The molecule has 4 aromatic rings. The number of aryl methyl sites for hydroxylation is 1. The van der Waals surface area contributed by atoms with Crippen molar-refractivity contribution in [3.05, 3.63) is 72.3 Å². The lowest BCUT2D eigenvalue weighted by atomic mass is 9.99. The molecule has 0 spiro atoms. The lowest BCUT2D eigenvalue weighted by molar-refractivity contribution is 1.47. The highest BCUT2D eigenvalue weighted by Gasteiger charge is 2.09. The molecule has 0 bridgehead atoms. The zero-order valence-electron chi connectivity index (χ0n) is 11.3. The van der Waals surface area contributed by atoms with E-state index in [1.807, 2.05) is 11.3 Å². The van der Waals surface area contributed by atoms with Crippen LogP contribution in [-0.2, 0) is 0 Å². The maximum absolute atomic E-state index is 2.23. The van der Waals surface area contributed by atoms with Crippen LogP contribution < -0.4 is 0 Å². The molecule has 0 aliphatic rings. The van der Waals surface area contributed by atoms with Crippen LogP contribution in [0.15, 0.2) is 66.7 Å². The van der Waals surface area contributed by atoms with Crippen LogP contribution in [0.5, 0.6) is 0 Å². The van der Waals surface area contributed by atoms with Crippen molar-refractivity contribution >= 4 is 31.5 Å². The first-order chi connectivity index (χ1) is 9.83. The first kappa shape index (κ1) is 11.7. The van der Waals surface area contributed by atoms with Gasteiger partial charge >= 0.3 is 0 Å². The van der Waals surface area contributed by atoms with Crippen LogP contribution in [0.3, 0.4) is 0 Å². The summed E-state index contributed by atoms with van der Waals surface area (Å²) in [5, 5.41) is 2.75. The Morgan fingerprint density at radius 1 is 0.700 bits per heavy atom. The summed E-state index contributed by atoms with van der Waals surface area (Å²) in [4.78, 5) is 0. The quantitative estimate of drug-likeness (QED) is 0.397. The topological polar surface area (TPSA) is 0 Å². The van der Waals surface area contributed by atoms with E-state index in [0.717, 1.165) is 0 Å². The highest BCUT2D eigenvalue weighted by molar-refractivity contribution is 7.25. The summed E-state index contributed by atoms with van der Waals surface area (Å²) in [6.45, 7) is 2.13. The van der Waals surface area contributed by atoms with Crippen LogP contribution in [0.1, 0.15) is 5.56 Å². The summed E-state index contributed by atoms with van der Waals surface area (Å²) in [5.41, 5.74) is 3.93. The molecule has 0 aliphatic carbocycles. The molecule has 1 heterocycles. The van der Waals surface area contributed by atoms with Crippen molar-refractivity contribution in [2.24, 2.45) is 0 Å². The molecule has 0 N–H and O–H groups in total. The van der Waals surface area contributed by atoms with Crippen molar-refractivity contribution in [1.82, 2.24) is 0 Å². The van der Waals surface area contributed by atoms with E-state index in [0.29, 0.717) is 0 Å². The molecule has 0 radical (unpaired) electrons. The molecule has 20 heavy (non-hydrogen) atoms. The summed E-state index contributed by atoms with van der Waals surface area (Å²) < 4.78 is 2.73. The molecule has 0 saturated carbocycles. The average Bonchev–Trinajstić information content (AvgIpc) is 2.86. The Balaban J connectivity index is 2.11. The third-order valence-corrected chi connectivity index (χ3v) is 4.90. The van der Waals surface area contributed by atoms with Crippen molar-refractivity contribution in [1.29, 1.82) is 0 Å². The van der Waals surface area contributed by atoms with Gasteiger partial charge in [-0.1, -0.05) is 60.2 Å². The molecule has 96 valence electrons. The van der Waals surface area contributed by atoms with Crippen LogP contribution in [0.4, 0.5) is 0 Å². The summed E-state index contributed by atoms with van der Waals surface area (Å²) >= 11 is 1.87. The lowest BCUT2D eigenvalue weighted by Crippen LogP contribution is -1.80. The minimum atomic E-state index is 1.30. The zero-order valence-corrected chi connectivity index (χ0v) is 12.1. The van der Waals surface area contributed by atoms with E-state index in [1.54, 1.807) is 0 Å². The normalized spacial score (nSPS) is 11.2. The van der Waals surface area contributed by atoms with Gasteiger partial charge in [0.1, 0.15) is 0 Å². The molecule has 0 saturated heterocycles. The maximum atomic E-state index is 2.23. The summed E-state index contributed by atoms with van der Waals surface area (Å²) in [5.74, 6) is 0. The van der Waals surface area contributed by atoms with Gasteiger partial charge in [0.2, 0.25) is 0 Å². The van der Waals surface area contributed by atoms with Crippen LogP contribution >= 0.6 is 11.3 Å². The minimum absolute atomic E-state index is 1.30. The molecule has 0 aliphatic heterocycles.